The molecule has 3 nitrogen and oxygen atoms in total. The van der Waals surface area contributed by atoms with E-state index in [1.165, 1.54) is 30.5 Å². The third-order valence-corrected chi connectivity index (χ3v) is 4.87. The van der Waals surface area contributed by atoms with Gasteiger partial charge in [-0.1, -0.05) is 11.6 Å². The number of likely N-dealkylation sites (N-methyl/N-ethyl adjacent to an activating group) is 2. The van der Waals surface area contributed by atoms with Gasteiger partial charge in [-0.25, -0.2) is 0 Å². The van der Waals surface area contributed by atoms with Crippen LogP contribution in [0.2, 0.25) is 5.02 Å². The first-order valence-corrected chi connectivity index (χ1v) is 7.73. The minimum atomic E-state index is 0.328. The molecular weight excluding hydrogens is 270 g/mol. The fourth-order valence-corrected chi connectivity index (χ4v) is 3.34. The zero-order valence-corrected chi connectivity index (χ0v) is 13.6. The van der Waals surface area contributed by atoms with E-state index in [4.69, 9.17) is 17.3 Å². The number of benzene rings is 1. The van der Waals surface area contributed by atoms with Crippen molar-refractivity contribution in [3.05, 3.63) is 28.8 Å². The summed E-state index contributed by atoms with van der Waals surface area (Å²) < 4.78 is 0. The molecule has 2 rings (SSSR count). The topological polar surface area (TPSA) is 32.5 Å². The van der Waals surface area contributed by atoms with Gasteiger partial charge < -0.3 is 15.5 Å². The van der Waals surface area contributed by atoms with Gasteiger partial charge in [0, 0.05) is 29.8 Å². The Hall–Kier alpha value is -0.770. The third-order valence-electron chi connectivity index (χ3n) is 4.63. The number of hydrogen-bond acceptors (Lipinski definition) is 3. The molecule has 0 aromatic heterocycles. The number of nitrogens with two attached hydrogens (primary N) is 1. The van der Waals surface area contributed by atoms with Crippen molar-refractivity contribution in [1.29, 1.82) is 0 Å². The molecule has 0 heterocycles. The fraction of sp³-hybridized carbons (Fsp3) is 0.625. The molecular formula is C16H26ClN3. The fourth-order valence-electron chi connectivity index (χ4n) is 3.14. The van der Waals surface area contributed by atoms with E-state index in [0.717, 1.165) is 18.0 Å². The van der Waals surface area contributed by atoms with Gasteiger partial charge in [0.15, 0.2) is 0 Å². The van der Waals surface area contributed by atoms with Gasteiger partial charge in [-0.15, -0.1) is 0 Å². The molecule has 112 valence electrons. The van der Waals surface area contributed by atoms with Crippen molar-refractivity contribution in [2.45, 2.75) is 31.2 Å². The highest BCUT2D eigenvalue weighted by Crippen LogP contribution is 2.38. The molecule has 0 spiro atoms. The Morgan fingerprint density at radius 2 is 1.95 bits per heavy atom. The van der Waals surface area contributed by atoms with Gasteiger partial charge in [-0.05, 0) is 70.1 Å². The summed E-state index contributed by atoms with van der Waals surface area (Å²) in [4.78, 5) is 4.74. The minimum Gasteiger partial charge on any atom is -0.373 e. The number of halogens is 1. The van der Waals surface area contributed by atoms with E-state index in [2.05, 4.69) is 37.0 Å². The lowest BCUT2D eigenvalue weighted by atomic mass is 9.75. The maximum atomic E-state index is 6.11. The van der Waals surface area contributed by atoms with E-state index < -0.39 is 0 Å². The first-order valence-electron chi connectivity index (χ1n) is 7.35. The van der Waals surface area contributed by atoms with Gasteiger partial charge in [-0.2, -0.15) is 0 Å². The van der Waals surface area contributed by atoms with E-state index >= 15 is 0 Å². The van der Waals surface area contributed by atoms with Crippen LogP contribution in [0, 0.1) is 0 Å². The zero-order valence-electron chi connectivity index (χ0n) is 12.8. The Morgan fingerprint density at radius 3 is 2.45 bits per heavy atom. The van der Waals surface area contributed by atoms with Crippen molar-refractivity contribution in [3.8, 4) is 0 Å². The lowest BCUT2D eigenvalue weighted by molar-refractivity contribution is 0.0683. The lowest BCUT2D eigenvalue weighted by Gasteiger charge is -2.49. The Kier molecular flexibility index (Phi) is 4.95. The normalized spacial score (nSPS) is 17.1. The predicted molar refractivity (Wildman–Crippen MR) is 87.7 cm³/mol. The van der Waals surface area contributed by atoms with Crippen molar-refractivity contribution in [1.82, 2.24) is 4.90 Å². The molecule has 1 aromatic rings. The average molecular weight is 296 g/mol. The molecule has 1 aromatic carbocycles. The summed E-state index contributed by atoms with van der Waals surface area (Å²) in [5, 5.41) is 0.788. The van der Waals surface area contributed by atoms with Crippen LogP contribution < -0.4 is 10.6 Å². The number of nitrogens with zero attached hydrogens (tertiary/aromatic N) is 2. The molecule has 0 atom stereocenters. The molecule has 0 amide bonds. The predicted octanol–water partition coefficient (Wildman–Crippen LogP) is 2.76. The summed E-state index contributed by atoms with van der Waals surface area (Å²) in [5.74, 6) is 0. The smallest absolute Gasteiger partial charge is 0.0410 e. The van der Waals surface area contributed by atoms with Crippen LogP contribution in [0.5, 0.6) is 0 Å². The molecule has 1 aliphatic carbocycles. The van der Waals surface area contributed by atoms with Crippen molar-refractivity contribution in [3.63, 3.8) is 0 Å². The Morgan fingerprint density at radius 1 is 1.25 bits per heavy atom. The largest absolute Gasteiger partial charge is 0.373 e. The van der Waals surface area contributed by atoms with Crippen LogP contribution in [0.3, 0.4) is 0 Å². The Balaban J connectivity index is 2.18. The van der Waals surface area contributed by atoms with Gasteiger partial charge in [0.1, 0.15) is 0 Å². The third kappa shape index (κ3) is 3.11. The van der Waals surface area contributed by atoms with Crippen LogP contribution >= 0.6 is 11.6 Å². The number of rotatable bonds is 6. The minimum absolute atomic E-state index is 0.328. The summed E-state index contributed by atoms with van der Waals surface area (Å²) in [6, 6.07) is 6.13. The van der Waals surface area contributed by atoms with E-state index in [-0.39, 0.29) is 0 Å². The monoisotopic (exact) mass is 295 g/mol. The van der Waals surface area contributed by atoms with Crippen molar-refractivity contribution < 1.29 is 0 Å². The van der Waals surface area contributed by atoms with E-state index in [0.29, 0.717) is 12.1 Å². The highest BCUT2D eigenvalue weighted by molar-refractivity contribution is 6.30. The van der Waals surface area contributed by atoms with E-state index in [1.54, 1.807) is 0 Å². The number of hydrogen-bond donors (Lipinski definition) is 1. The highest BCUT2D eigenvalue weighted by Gasteiger charge is 2.40. The quantitative estimate of drug-likeness (QED) is 0.876. The molecule has 4 heteroatoms. The summed E-state index contributed by atoms with van der Waals surface area (Å²) in [5.41, 5.74) is 8.55. The Labute approximate surface area is 127 Å². The van der Waals surface area contributed by atoms with E-state index in [1.807, 2.05) is 12.1 Å². The first kappa shape index (κ1) is 15.6. The van der Waals surface area contributed by atoms with Crippen LogP contribution in [-0.2, 0) is 6.42 Å². The SMILES string of the molecule is CN(CC1(N(C)C)CCC1)c1ccc(Cl)cc1CCN. The maximum Gasteiger partial charge on any atom is 0.0410 e. The van der Waals surface area contributed by atoms with Gasteiger partial charge in [0.05, 0.1) is 0 Å². The second kappa shape index (κ2) is 6.33. The second-order valence-electron chi connectivity index (χ2n) is 6.14. The summed E-state index contributed by atoms with van der Waals surface area (Å²) in [6.45, 7) is 1.71. The van der Waals surface area contributed by atoms with E-state index in [9.17, 15) is 0 Å². The number of anilines is 1. The van der Waals surface area contributed by atoms with Crippen LogP contribution in [-0.4, -0.2) is 44.7 Å². The average Bonchev–Trinajstić information content (AvgIpc) is 2.33. The van der Waals surface area contributed by atoms with Crippen molar-refractivity contribution >= 4 is 17.3 Å². The second-order valence-corrected chi connectivity index (χ2v) is 6.58. The van der Waals surface area contributed by atoms with Gasteiger partial charge in [-0.3, -0.25) is 0 Å². The van der Waals surface area contributed by atoms with Crippen molar-refractivity contribution in [2.24, 2.45) is 5.73 Å². The van der Waals surface area contributed by atoms with Gasteiger partial charge >= 0.3 is 0 Å². The highest BCUT2D eigenvalue weighted by atomic mass is 35.5. The molecule has 0 saturated heterocycles. The zero-order chi connectivity index (χ0) is 14.8. The molecule has 0 aliphatic heterocycles. The van der Waals surface area contributed by atoms with Crippen LogP contribution in [0.1, 0.15) is 24.8 Å². The molecule has 1 fully saturated rings. The van der Waals surface area contributed by atoms with Crippen molar-refractivity contribution in [2.75, 3.05) is 39.1 Å². The molecule has 0 unspecified atom stereocenters. The molecule has 20 heavy (non-hydrogen) atoms. The van der Waals surface area contributed by atoms with Gasteiger partial charge in [0.2, 0.25) is 0 Å². The Bertz CT molecular complexity index is 455. The van der Waals surface area contributed by atoms with Crippen LogP contribution in [0.25, 0.3) is 0 Å². The maximum absolute atomic E-state index is 6.11. The summed E-state index contributed by atoms with van der Waals surface area (Å²) in [7, 11) is 6.55. The molecule has 1 aliphatic rings. The summed E-state index contributed by atoms with van der Waals surface area (Å²) >= 11 is 6.11. The van der Waals surface area contributed by atoms with Gasteiger partial charge in [0.25, 0.3) is 0 Å². The molecule has 1 saturated carbocycles. The lowest BCUT2D eigenvalue weighted by Crippen LogP contribution is -2.56. The standard InChI is InChI=1S/C16H26ClN3/c1-19(2)16(8-4-9-16)12-20(3)15-6-5-14(17)11-13(15)7-10-18/h5-6,11H,4,7-10,12,18H2,1-3H3. The molecule has 0 bridgehead atoms. The molecule has 2 N–H and O–H groups in total. The summed E-state index contributed by atoms with van der Waals surface area (Å²) in [6.07, 6.45) is 4.77. The molecule has 0 radical (unpaired) electrons. The van der Waals surface area contributed by atoms with Crippen LogP contribution in [0.15, 0.2) is 18.2 Å². The van der Waals surface area contributed by atoms with Crippen LogP contribution in [0.4, 0.5) is 5.69 Å². The first-order chi connectivity index (χ1) is 9.48.